The van der Waals surface area contributed by atoms with E-state index in [2.05, 4.69) is 0 Å². The molecule has 0 aliphatic carbocycles. The van der Waals surface area contributed by atoms with E-state index in [9.17, 15) is 13.2 Å². The van der Waals surface area contributed by atoms with E-state index in [1.54, 1.807) is 30.3 Å². The SMILES string of the molecule is C[CH](C)[Ge]([O][C](c1ccccc1)([Ge]([CH](C)C)[CH](C)C)C(F)(F)F)[CH](C)C. The average Bonchev–Trinajstić information content (AvgIpc) is 2.49. The van der Waals surface area contributed by atoms with Crippen molar-refractivity contribution >= 4 is 29.0 Å². The molecule has 1 aromatic rings. The van der Waals surface area contributed by atoms with Crippen molar-refractivity contribution in [2.75, 3.05) is 0 Å². The Bertz CT molecular complexity index is 528. The van der Waals surface area contributed by atoms with Crippen molar-refractivity contribution in [3.05, 3.63) is 35.9 Å². The molecule has 0 aromatic heterocycles. The Labute approximate surface area is 166 Å². The molecule has 0 spiro atoms. The summed E-state index contributed by atoms with van der Waals surface area (Å²) in [6.45, 7) is 15.9. The molecule has 0 aliphatic heterocycles. The Morgan fingerprint density at radius 2 is 1.15 bits per heavy atom. The first-order chi connectivity index (χ1) is 11.9. The summed E-state index contributed by atoms with van der Waals surface area (Å²) in [6, 6.07) is 8.45. The first-order valence-electron chi connectivity index (χ1n) is 9.41. The molecular weight excluding hydrogens is 458 g/mol. The van der Waals surface area contributed by atoms with Gasteiger partial charge >= 0.3 is 167 Å². The van der Waals surface area contributed by atoms with Crippen LogP contribution >= 0.6 is 0 Å². The molecule has 0 bridgehead atoms. The Hall–Kier alpha value is 0.0557. The summed E-state index contributed by atoms with van der Waals surface area (Å²) in [5, 5.41) is 0. The van der Waals surface area contributed by atoms with Gasteiger partial charge in [-0.05, 0) is 0 Å². The van der Waals surface area contributed by atoms with Crippen molar-refractivity contribution in [3.8, 4) is 0 Å². The van der Waals surface area contributed by atoms with Crippen LogP contribution in [0.3, 0.4) is 0 Å². The Kier molecular flexibility index (Phi) is 8.81. The summed E-state index contributed by atoms with van der Waals surface area (Å²) in [7, 11) is 0. The monoisotopic (exact) mass is 494 g/mol. The van der Waals surface area contributed by atoms with Gasteiger partial charge in [0.2, 0.25) is 0 Å². The molecule has 2 radical (unpaired) electrons. The first kappa shape index (κ1) is 24.1. The van der Waals surface area contributed by atoms with Gasteiger partial charge in [0.25, 0.3) is 0 Å². The molecule has 148 valence electrons. The van der Waals surface area contributed by atoms with E-state index in [4.69, 9.17) is 3.76 Å². The zero-order valence-corrected chi connectivity index (χ0v) is 21.4. The average molecular weight is 492 g/mol. The van der Waals surface area contributed by atoms with Gasteiger partial charge in [0.1, 0.15) is 0 Å². The van der Waals surface area contributed by atoms with E-state index in [1.807, 2.05) is 55.4 Å². The second kappa shape index (κ2) is 9.51. The topological polar surface area (TPSA) is 9.23 Å². The molecule has 0 fully saturated rings. The standard InChI is InChI=1S/C20H33F3Ge2O/c1-14(2)24(15(3)4)19(20(21,22)23,18-12-10-9-11-13-18)26-25(16(5)6)17(7)8/h9-17H,1-8H3. The molecule has 26 heavy (non-hydrogen) atoms. The number of hydrogen-bond acceptors (Lipinski definition) is 1. The van der Waals surface area contributed by atoms with E-state index in [0.29, 0.717) is 5.56 Å². The van der Waals surface area contributed by atoms with Gasteiger partial charge in [0.15, 0.2) is 0 Å². The molecule has 1 unspecified atom stereocenters. The van der Waals surface area contributed by atoms with Crippen LogP contribution in [0.15, 0.2) is 30.3 Å². The Morgan fingerprint density at radius 1 is 0.731 bits per heavy atom. The van der Waals surface area contributed by atoms with Gasteiger partial charge in [-0.1, -0.05) is 0 Å². The van der Waals surface area contributed by atoms with Gasteiger partial charge in [-0.25, -0.2) is 0 Å². The molecule has 0 heterocycles. The van der Waals surface area contributed by atoms with Gasteiger partial charge < -0.3 is 0 Å². The third-order valence-electron chi connectivity index (χ3n) is 4.64. The number of alkyl halides is 3. The van der Waals surface area contributed by atoms with Crippen LogP contribution in [0.1, 0.15) is 61.0 Å². The predicted molar refractivity (Wildman–Crippen MR) is 107 cm³/mol. The molecule has 0 saturated heterocycles. The van der Waals surface area contributed by atoms with Crippen LogP contribution in [0.5, 0.6) is 0 Å². The maximum atomic E-state index is 14.9. The van der Waals surface area contributed by atoms with Crippen LogP contribution in [-0.4, -0.2) is 35.2 Å². The van der Waals surface area contributed by atoms with Crippen LogP contribution in [0.4, 0.5) is 13.2 Å². The summed E-state index contributed by atoms with van der Waals surface area (Å²) in [5.74, 6) is 0. The van der Waals surface area contributed by atoms with Crippen molar-refractivity contribution in [3.63, 3.8) is 0 Å². The summed E-state index contributed by atoms with van der Waals surface area (Å²) in [6.07, 6.45) is -4.40. The Morgan fingerprint density at radius 3 is 1.46 bits per heavy atom. The van der Waals surface area contributed by atoms with Gasteiger partial charge in [0, 0.05) is 0 Å². The van der Waals surface area contributed by atoms with E-state index < -0.39 is 39.6 Å². The maximum absolute atomic E-state index is 14.9. The van der Waals surface area contributed by atoms with E-state index in [0.717, 1.165) is 0 Å². The third kappa shape index (κ3) is 5.10. The van der Waals surface area contributed by atoms with Crippen LogP contribution in [0.2, 0.25) is 19.0 Å². The molecule has 1 nitrogen and oxygen atoms in total. The minimum absolute atomic E-state index is 0.00982. The molecule has 0 saturated carbocycles. The Balaban J connectivity index is 3.76. The fourth-order valence-corrected chi connectivity index (χ4v) is 19.7. The molecule has 6 heteroatoms. The fraction of sp³-hybridized carbons (Fsp3) is 0.700. The van der Waals surface area contributed by atoms with E-state index in [1.165, 1.54) is 0 Å². The zero-order valence-electron chi connectivity index (χ0n) is 17.2. The van der Waals surface area contributed by atoms with Gasteiger partial charge in [-0.3, -0.25) is 0 Å². The number of benzene rings is 1. The molecule has 0 N–H and O–H groups in total. The van der Waals surface area contributed by atoms with Gasteiger partial charge in [-0.15, -0.1) is 0 Å². The van der Waals surface area contributed by atoms with Crippen molar-refractivity contribution in [2.24, 2.45) is 0 Å². The number of rotatable bonds is 8. The molecule has 1 aromatic carbocycles. The van der Waals surface area contributed by atoms with E-state index >= 15 is 0 Å². The normalized spacial score (nSPS) is 15.7. The van der Waals surface area contributed by atoms with Crippen LogP contribution in [0, 0.1) is 0 Å². The van der Waals surface area contributed by atoms with Crippen molar-refractivity contribution in [2.45, 2.75) is 85.0 Å². The summed E-state index contributed by atoms with van der Waals surface area (Å²) < 4.78 is 49.3. The van der Waals surface area contributed by atoms with Crippen molar-refractivity contribution < 1.29 is 16.9 Å². The number of hydrogen-bond donors (Lipinski definition) is 0. The summed E-state index contributed by atoms with van der Waals surface area (Å²) >= 11 is -5.20. The quantitative estimate of drug-likeness (QED) is 0.352. The van der Waals surface area contributed by atoms with Gasteiger partial charge in [-0.2, -0.15) is 0 Å². The fourth-order valence-electron chi connectivity index (χ4n) is 3.90. The first-order valence-corrected chi connectivity index (χ1v) is 16.2. The molecule has 1 rings (SSSR count). The third-order valence-corrected chi connectivity index (χ3v) is 19.8. The van der Waals surface area contributed by atoms with E-state index in [-0.39, 0.29) is 19.0 Å². The van der Waals surface area contributed by atoms with Crippen LogP contribution in [-0.2, 0) is 8.20 Å². The molecular formula is C20H33F3Ge2O. The zero-order chi connectivity index (χ0) is 20.3. The summed E-state index contributed by atoms with van der Waals surface area (Å²) in [5.41, 5.74) is 0.316. The van der Waals surface area contributed by atoms with Crippen LogP contribution in [0.25, 0.3) is 0 Å². The summed E-state index contributed by atoms with van der Waals surface area (Å²) in [4.78, 5) is 0. The molecule has 0 aliphatic rings. The molecule has 0 amide bonds. The van der Waals surface area contributed by atoms with Crippen molar-refractivity contribution in [1.82, 2.24) is 0 Å². The number of halogens is 3. The molecule has 1 atom stereocenters. The van der Waals surface area contributed by atoms with Crippen molar-refractivity contribution in [1.29, 1.82) is 0 Å². The minimum atomic E-state index is -4.40. The van der Waals surface area contributed by atoms with Crippen LogP contribution < -0.4 is 0 Å². The predicted octanol–water partition coefficient (Wildman–Crippen LogP) is 7.13. The second-order valence-electron chi connectivity index (χ2n) is 8.12. The van der Waals surface area contributed by atoms with Gasteiger partial charge in [0.05, 0.1) is 0 Å². The second-order valence-corrected chi connectivity index (χ2v) is 23.3.